The molecule has 1 aliphatic carbocycles. The lowest BCUT2D eigenvalue weighted by Crippen LogP contribution is -2.04. The summed E-state index contributed by atoms with van der Waals surface area (Å²) < 4.78 is 0. The Balaban J connectivity index is 1.60. The van der Waals surface area contributed by atoms with Gasteiger partial charge in [0.1, 0.15) is 0 Å². The van der Waals surface area contributed by atoms with Gasteiger partial charge in [0.15, 0.2) is 0 Å². The van der Waals surface area contributed by atoms with E-state index in [1.165, 1.54) is 36.0 Å². The lowest BCUT2D eigenvalue weighted by molar-refractivity contribution is 0.463. The second-order valence-corrected chi connectivity index (χ2v) is 7.77. The molecule has 26 heavy (non-hydrogen) atoms. The van der Waals surface area contributed by atoms with Crippen LogP contribution in [0.15, 0.2) is 72.9 Å². The number of nitrogens with zero attached hydrogens (tertiary/aromatic N) is 1. The number of hydrogen-bond acceptors (Lipinski definition) is 1. The highest BCUT2D eigenvalue weighted by Gasteiger charge is 2.31. The van der Waals surface area contributed by atoms with Gasteiger partial charge in [-0.15, -0.1) is 0 Å². The largest absolute Gasteiger partial charge is 0.256 e. The topological polar surface area (TPSA) is 12.9 Å². The fourth-order valence-electron chi connectivity index (χ4n) is 4.56. The summed E-state index contributed by atoms with van der Waals surface area (Å²) in [6, 6.07) is 24.0. The Morgan fingerprint density at radius 1 is 0.846 bits per heavy atom. The molecule has 1 nitrogen and oxygen atoms in total. The molecule has 1 heteroatoms. The van der Waals surface area contributed by atoms with Crippen LogP contribution in [0.5, 0.6) is 0 Å². The molecule has 4 rings (SSSR count). The molecule has 0 aliphatic heterocycles. The van der Waals surface area contributed by atoms with E-state index in [2.05, 4.69) is 79.5 Å². The van der Waals surface area contributed by atoms with Gasteiger partial charge in [-0.1, -0.05) is 74.9 Å². The Hall–Kier alpha value is -2.41. The lowest BCUT2D eigenvalue weighted by atomic mass is 9.86. The van der Waals surface area contributed by atoms with Crippen LogP contribution < -0.4 is 0 Å². The third-order valence-electron chi connectivity index (χ3n) is 5.96. The molecule has 1 fully saturated rings. The summed E-state index contributed by atoms with van der Waals surface area (Å²) in [7, 11) is 0. The molecule has 0 radical (unpaired) electrons. The van der Waals surface area contributed by atoms with Crippen LogP contribution in [0, 0.1) is 11.8 Å². The molecule has 0 saturated heterocycles. The van der Waals surface area contributed by atoms with Crippen molar-refractivity contribution in [2.45, 2.75) is 39.0 Å². The average Bonchev–Trinajstić information content (AvgIpc) is 3.10. The van der Waals surface area contributed by atoms with E-state index in [1.807, 2.05) is 12.3 Å². The van der Waals surface area contributed by atoms with Crippen LogP contribution in [-0.4, -0.2) is 4.98 Å². The molecule has 1 aromatic heterocycles. The molecule has 1 heterocycles. The van der Waals surface area contributed by atoms with Crippen LogP contribution in [0.1, 0.15) is 44.6 Å². The standard InChI is InChI=1S/C25H27N/c1-3-19-15-18(2)16-24(19)21-11-9-20(10-12-21)23-13-14-26-25(17-23)22-7-5-4-6-8-22/h4-14,17-19,24H,3,15-16H2,1-2H3. The van der Waals surface area contributed by atoms with E-state index in [0.717, 1.165) is 29.0 Å². The van der Waals surface area contributed by atoms with Gasteiger partial charge >= 0.3 is 0 Å². The zero-order valence-corrected chi connectivity index (χ0v) is 15.7. The molecule has 0 spiro atoms. The van der Waals surface area contributed by atoms with E-state index < -0.39 is 0 Å². The van der Waals surface area contributed by atoms with Gasteiger partial charge in [-0.05, 0) is 59.4 Å². The summed E-state index contributed by atoms with van der Waals surface area (Å²) in [6.07, 6.45) is 5.93. The van der Waals surface area contributed by atoms with E-state index in [9.17, 15) is 0 Å². The van der Waals surface area contributed by atoms with Gasteiger partial charge in [-0.3, -0.25) is 4.98 Å². The van der Waals surface area contributed by atoms with E-state index in [0.29, 0.717) is 0 Å². The van der Waals surface area contributed by atoms with Gasteiger partial charge in [0.05, 0.1) is 5.69 Å². The molecule has 1 saturated carbocycles. The first-order valence-corrected chi connectivity index (χ1v) is 9.86. The highest BCUT2D eigenvalue weighted by molar-refractivity contribution is 5.70. The first kappa shape index (κ1) is 17.0. The molecular weight excluding hydrogens is 314 g/mol. The number of hydrogen-bond donors (Lipinski definition) is 0. The molecule has 0 N–H and O–H groups in total. The summed E-state index contributed by atoms with van der Waals surface area (Å²) >= 11 is 0. The van der Waals surface area contributed by atoms with Crippen molar-refractivity contribution in [2.75, 3.05) is 0 Å². The molecule has 0 amide bonds. The van der Waals surface area contributed by atoms with E-state index >= 15 is 0 Å². The quantitative estimate of drug-likeness (QED) is 0.500. The van der Waals surface area contributed by atoms with Crippen LogP contribution in [0.25, 0.3) is 22.4 Å². The Labute approximate surface area is 157 Å². The Kier molecular flexibility index (Phi) is 4.88. The maximum atomic E-state index is 4.55. The minimum absolute atomic E-state index is 0.737. The zero-order valence-electron chi connectivity index (χ0n) is 15.7. The van der Waals surface area contributed by atoms with Gasteiger partial charge in [-0.2, -0.15) is 0 Å². The highest BCUT2D eigenvalue weighted by atomic mass is 14.7. The second-order valence-electron chi connectivity index (χ2n) is 7.77. The molecule has 3 atom stereocenters. The third-order valence-corrected chi connectivity index (χ3v) is 5.96. The molecule has 132 valence electrons. The van der Waals surface area contributed by atoms with Crippen molar-refractivity contribution in [3.63, 3.8) is 0 Å². The monoisotopic (exact) mass is 341 g/mol. The molecule has 0 bridgehead atoms. The molecule has 1 aliphatic rings. The van der Waals surface area contributed by atoms with Crippen LogP contribution in [0.2, 0.25) is 0 Å². The predicted molar refractivity (Wildman–Crippen MR) is 110 cm³/mol. The maximum absolute atomic E-state index is 4.55. The number of rotatable bonds is 4. The van der Waals surface area contributed by atoms with Gasteiger partial charge < -0.3 is 0 Å². The minimum Gasteiger partial charge on any atom is -0.256 e. The predicted octanol–water partition coefficient (Wildman–Crippen LogP) is 6.96. The number of pyridine rings is 1. The molecule has 3 unspecified atom stereocenters. The van der Waals surface area contributed by atoms with E-state index in [-0.39, 0.29) is 0 Å². The van der Waals surface area contributed by atoms with E-state index in [4.69, 9.17) is 0 Å². The maximum Gasteiger partial charge on any atom is 0.0708 e. The summed E-state index contributed by atoms with van der Waals surface area (Å²) in [5, 5.41) is 0. The molecular formula is C25H27N. The summed E-state index contributed by atoms with van der Waals surface area (Å²) in [5.41, 5.74) is 6.21. The first-order chi connectivity index (χ1) is 12.7. The molecule has 2 aromatic carbocycles. The van der Waals surface area contributed by atoms with Crippen molar-refractivity contribution in [3.05, 3.63) is 78.5 Å². The fraction of sp³-hybridized carbons (Fsp3) is 0.320. The van der Waals surface area contributed by atoms with Crippen molar-refractivity contribution in [1.82, 2.24) is 4.98 Å². The van der Waals surface area contributed by atoms with Crippen LogP contribution in [0.3, 0.4) is 0 Å². The Morgan fingerprint density at radius 2 is 1.62 bits per heavy atom. The van der Waals surface area contributed by atoms with Crippen LogP contribution in [0.4, 0.5) is 0 Å². The Morgan fingerprint density at radius 3 is 2.35 bits per heavy atom. The summed E-state index contributed by atoms with van der Waals surface area (Å²) in [4.78, 5) is 4.55. The zero-order chi connectivity index (χ0) is 17.9. The average molecular weight is 341 g/mol. The minimum atomic E-state index is 0.737. The number of benzene rings is 2. The normalized spacial score (nSPS) is 22.5. The third kappa shape index (κ3) is 3.44. The SMILES string of the molecule is CCC1CC(C)CC1c1ccc(-c2ccnc(-c3ccccc3)c2)cc1. The fourth-order valence-corrected chi connectivity index (χ4v) is 4.56. The van der Waals surface area contributed by atoms with Gasteiger partial charge in [-0.25, -0.2) is 0 Å². The second kappa shape index (κ2) is 7.45. The van der Waals surface area contributed by atoms with Crippen molar-refractivity contribution < 1.29 is 0 Å². The Bertz CT molecular complexity index is 851. The van der Waals surface area contributed by atoms with Crippen molar-refractivity contribution >= 4 is 0 Å². The summed E-state index contributed by atoms with van der Waals surface area (Å²) in [6.45, 7) is 4.74. The highest BCUT2D eigenvalue weighted by Crippen LogP contribution is 2.44. The summed E-state index contributed by atoms with van der Waals surface area (Å²) in [5.74, 6) is 2.45. The van der Waals surface area contributed by atoms with Crippen molar-refractivity contribution in [3.8, 4) is 22.4 Å². The van der Waals surface area contributed by atoms with Crippen LogP contribution in [-0.2, 0) is 0 Å². The molecule has 3 aromatic rings. The lowest BCUT2D eigenvalue weighted by Gasteiger charge is -2.18. The van der Waals surface area contributed by atoms with Gasteiger partial charge in [0.25, 0.3) is 0 Å². The van der Waals surface area contributed by atoms with E-state index in [1.54, 1.807) is 0 Å². The van der Waals surface area contributed by atoms with Crippen molar-refractivity contribution in [2.24, 2.45) is 11.8 Å². The van der Waals surface area contributed by atoms with Gasteiger partial charge in [0.2, 0.25) is 0 Å². The number of aromatic nitrogens is 1. The smallest absolute Gasteiger partial charge is 0.0708 e. The van der Waals surface area contributed by atoms with Crippen LogP contribution >= 0.6 is 0 Å². The van der Waals surface area contributed by atoms with Crippen molar-refractivity contribution in [1.29, 1.82) is 0 Å². The first-order valence-electron chi connectivity index (χ1n) is 9.86. The van der Waals surface area contributed by atoms with Gasteiger partial charge in [0, 0.05) is 11.8 Å².